The van der Waals surface area contributed by atoms with Crippen molar-refractivity contribution in [3.05, 3.63) is 60.2 Å². The molecule has 3 rings (SSSR count). The number of Topliss-reactive ketones (excluding diaryl/α,β-unsaturated/α-hetero) is 1. The average molecular weight is 383 g/mol. The largest absolute Gasteiger partial charge is 0.492 e. The molecule has 0 saturated carbocycles. The number of carbonyl (C=O) groups excluding carboxylic acids is 2. The maximum atomic E-state index is 12.0. The molecule has 6 nitrogen and oxygen atoms in total. The van der Waals surface area contributed by atoms with Crippen molar-refractivity contribution in [2.45, 2.75) is 25.9 Å². The SMILES string of the molecule is CCC(=O)Cc1ccc(OCCN2CC(COc3ccccc3)OC2=O)cc1. The highest BCUT2D eigenvalue weighted by Crippen LogP contribution is 2.16. The number of hydrogen-bond donors (Lipinski definition) is 0. The van der Waals surface area contributed by atoms with E-state index in [1.807, 2.05) is 61.5 Å². The summed E-state index contributed by atoms with van der Waals surface area (Å²) in [6, 6.07) is 16.9. The zero-order valence-corrected chi connectivity index (χ0v) is 16.0. The van der Waals surface area contributed by atoms with E-state index in [0.29, 0.717) is 44.9 Å². The Morgan fingerprint density at radius 2 is 1.79 bits per heavy atom. The summed E-state index contributed by atoms with van der Waals surface area (Å²) in [5.41, 5.74) is 0.976. The first kappa shape index (κ1) is 19.7. The monoisotopic (exact) mass is 383 g/mol. The quantitative estimate of drug-likeness (QED) is 0.628. The summed E-state index contributed by atoms with van der Waals surface area (Å²) < 4.78 is 16.7. The van der Waals surface area contributed by atoms with Crippen LogP contribution in [0, 0.1) is 0 Å². The first-order chi connectivity index (χ1) is 13.6. The molecule has 1 heterocycles. The molecule has 0 bridgehead atoms. The van der Waals surface area contributed by atoms with E-state index in [4.69, 9.17) is 14.2 Å². The molecule has 1 amide bonds. The molecule has 1 unspecified atom stereocenters. The lowest BCUT2D eigenvalue weighted by molar-refractivity contribution is -0.118. The molecule has 2 aromatic carbocycles. The average Bonchev–Trinajstić information content (AvgIpc) is 3.08. The van der Waals surface area contributed by atoms with E-state index in [2.05, 4.69) is 0 Å². The molecule has 28 heavy (non-hydrogen) atoms. The summed E-state index contributed by atoms with van der Waals surface area (Å²) in [7, 11) is 0. The zero-order valence-electron chi connectivity index (χ0n) is 16.0. The molecule has 0 radical (unpaired) electrons. The maximum absolute atomic E-state index is 12.0. The number of hydrogen-bond acceptors (Lipinski definition) is 5. The van der Waals surface area contributed by atoms with Gasteiger partial charge in [-0.1, -0.05) is 37.3 Å². The summed E-state index contributed by atoms with van der Waals surface area (Å²) in [5, 5.41) is 0. The topological polar surface area (TPSA) is 65.1 Å². The zero-order chi connectivity index (χ0) is 19.8. The molecule has 0 aliphatic carbocycles. The summed E-state index contributed by atoms with van der Waals surface area (Å²) in [4.78, 5) is 25.1. The lowest BCUT2D eigenvalue weighted by Crippen LogP contribution is -2.30. The normalized spacial score (nSPS) is 16.0. The van der Waals surface area contributed by atoms with E-state index in [9.17, 15) is 9.59 Å². The summed E-state index contributed by atoms with van der Waals surface area (Å²) in [5.74, 6) is 1.68. The number of amides is 1. The standard InChI is InChI=1S/C22H25NO5/c1-2-18(24)14-17-8-10-20(11-9-17)26-13-12-23-15-21(28-22(23)25)16-27-19-6-4-3-5-7-19/h3-11,21H,2,12-16H2,1H3. The van der Waals surface area contributed by atoms with Crippen molar-refractivity contribution in [3.8, 4) is 11.5 Å². The van der Waals surface area contributed by atoms with Crippen molar-refractivity contribution in [2.24, 2.45) is 0 Å². The molecule has 1 saturated heterocycles. The van der Waals surface area contributed by atoms with Crippen molar-refractivity contribution in [3.63, 3.8) is 0 Å². The van der Waals surface area contributed by atoms with Gasteiger partial charge in [0.2, 0.25) is 0 Å². The van der Waals surface area contributed by atoms with Gasteiger partial charge in [0, 0.05) is 12.8 Å². The molecule has 2 aromatic rings. The molecule has 0 spiro atoms. The highest BCUT2D eigenvalue weighted by Gasteiger charge is 2.31. The van der Waals surface area contributed by atoms with E-state index >= 15 is 0 Å². The highest BCUT2D eigenvalue weighted by molar-refractivity contribution is 5.80. The number of carbonyl (C=O) groups is 2. The number of cyclic esters (lactones) is 1. The van der Waals surface area contributed by atoms with E-state index < -0.39 is 0 Å². The van der Waals surface area contributed by atoms with Crippen LogP contribution in [-0.2, 0) is 16.0 Å². The van der Waals surface area contributed by atoms with E-state index in [1.165, 1.54) is 0 Å². The van der Waals surface area contributed by atoms with Crippen LogP contribution in [0.4, 0.5) is 4.79 Å². The third-order valence-electron chi connectivity index (χ3n) is 4.48. The van der Waals surface area contributed by atoms with Gasteiger partial charge in [-0.25, -0.2) is 4.79 Å². The van der Waals surface area contributed by atoms with Gasteiger partial charge < -0.3 is 19.1 Å². The first-order valence-electron chi connectivity index (χ1n) is 9.51. The number of benzene rings is 2. The molecular weight excluding hydrogens is 358 g/mol. The molecule has 148 valence electrons. The van der Waals surface area contributed by atoms with Crippen molar-refractivity contribution in [1.82, 2.24) is 4.90 Å². The van der Waals surface area contributed by atoms with Gasteiger partial charge in [-0.3, -0.25) is 4.79 Å². The minimum atomic E-state index is -0.348. The first-order valence-corrected chi connectivity index (χ1v) is 9.51. The van der Waals surface area contributed by atoms with Crippen LogP contribution >= 0.6 is 0 Å². The Balaban J connectivity index is 1.38. The van der Waals surface area contributed by atoms with Crippen molar-refractivity contribution < 1.29 is 23.8 Å². The Bertz CT molecular complexity index is 775. The molecule has 6 heteroatoms. The fourth-order valence-corrected chi connectivity index (χ4v) is 2.88. The second-order valence-electron chi connectivity index (χ2n) is 6.64. The fourth-order valence-electron chi connectivity index (χ4n) is 2.88. The van der Waals surface area contributed by atoms with Crippen LogP contribution in [0.15, 0.2) is 54.6 Å². The summed E-state index contributed by atoms with van der Waals surface area (Å²) in [6.07, 6.45) is 0.353. The van der Waals surface area contributed by atoms with Crippen LogP contribution in [0.25, 0.3) is 0 Å². The van der Waals surface area contributed by atoms with Gasteiger partial charge in [0.1, 0.15) is 30.5 Å². The van der Waals surface area contributed by atoms with Crippen molar-refractivity contribution >= 4 is 11.9 Å². The number of ketones is 1. The van der Waals surface area contributed by atoms with Crippen LogP contribution in [-0.4, -0.2) is 49.2 Å². The molecule has 0 N–H and O–H groups in total. The summed E-state index contributed by atoms with van der Waals surface area (Å²) in [6.45, 7) is 3.48. The summed E-state index contributed by atoms with van der Waals surface area (Å²) >= 11 is 0. The van der Waals surface area contributed by atoms with Crippen LogP contribution in [0.3, 0.4) is 0 Å². The van der Waals surface area contributed by atoms with Crippen LogP contribution in [0.2, 0.25) is 0 Å². The van der Waals surface area contributed by atoms with Crippen molar-refractivity contribution in [2.75, 3.05) is 26.3 Å². The Hall–Kier alpha value is -3.02. The van der Waals surface area contributed by atoms with E-state index in [-0.39, 0.29) is 18.0 Å². The number of nitrogens with zero attached hydrogens (tertiary/aromatic N) is 1. The number of rotatable bonds is 10. The van der Waals surface area contributed by atoms with Gasteiger partial charge in [0.25, 0.3) is 0 Å². The third kappa shape index (κ3) is 5.74. The van der Waals surface area contributed by atoms with E-state index in [0.717, 1.165) is 11.3 Å². The van der Waals surface area contributed by atoms with Gasteiger partial charge in [-0.05, 0) is 29.8 Å². The minimum Gasteiger partial charge on any atom is -0.492 e. The molecule has 1 atom stereocenters. The molecule has 1 fully saturated rings. The minimum absolute atomic E-state index is 0.215. The Kier molecular flexibility index (Phi) is 6.89. The lowest BCUT2D eigenvalue weighted by atomic mass is 10.1. The third-order valence-corrected chi connectivity index (χ3v) is 4.48. The second-order valence-corrected chi connectivity index (χ2v) is 6.64. The van der Waals surface area contributed by atoms with Crippen LogP contribution in [0.5, 0.6) is 11.5 Å². The predicted molar refractivity (Wildman–Crippen MR) is 105 cm³/mol. The van der Waals surface area contributed by atoms with Gasteiger partial charge in [-0.15, -0.1) is 0 Å². The van der Waals surface area contributed by atoms with Crippen LogP contribution in [0.1, 0.15) is 18.9 Å². The molecular formula is C22H25NO5. The van der Waals surface area contributed by atoms with Gasteiger partial charge in [0.15, 0.2) is 6.10 Å². The number of para-hydroxylation sites is 1. The Labute approximate surface area is 165 Å². The van der Waals surface area contributed by atoms with Crippen LogP contribution < -0.4 is 9.47 Å². The molecule has 0 aromatic heterocycles. The fraction of sp³-hybridized carbons (Fsp3) is 0.364. The molecule has 1 aliphatic rings. The Morgan fingerprint density at radius 1 is 1.07 bits per heavy atom. The lowest BCUT2D eigenvalue weighted by Gasteiger charge is -2.14. The van der Waals surface area contributed by atoms with E-state index in [1.54, 1.807) is 4.90 Å². The second kappa shape index (κ2) is 9.78. The Morgan fingerprint density at radius 3 is 2.50 bits per heavy atom. The van der Waals surface area contributed by atoms with Gasteiger partial charge in [0.05, 0.1) is 13.1 Å². The highest BCUT2D eigenvalue weighted by atomic mass is 16.6. The maximum Gasteiger partial charge on any atom is 0.410 e. The smallest absolute Gasteiger partial charge is 0.410 e. The predicted octanol–water partition coefficient (Wildman–Crippen LogP) is 3.49. The molecule has 1 aliphatic heterocycles. The number of ether oxygens (including phenoxy) is 3. The van der Waals surface area contributed by atoms with Gasteiger partial charge >= 0.3 is 6.09 Å². The van der Waals surface area contributed by atoms with Gasteiger partial charge in [-0.2, -0.15) is 0 Å². The van der Waals surface area contributed by atoms with Crippen molar-refractivity contribution in [1.29, 1.82) is 0 Å².